The molecule has 0 aliphatic rings. The van der Waals surface area contributed by atoms with Gasteiger partial charge in [-0.25, -0.2) is 13.3 Å². The summed E-state index contributed by atoms with van der Waals surface area (Å²) >= 11 is 2.98. The number of hydrogen-bond acceptors (Lipinski definition) is 7. The molecule has 0 rings (SSSR count). The molecule has 0 aromatic heterocycles. The van der Waals surface area contributed by atoms with Crippen LogP contribution in [0.5, 0.6) is 0 Å². The number of carbonyl (C=O) groups excluding carboxylic acids is 1. The van der Waals surface area contributed by atoms with Gasteiger partial charge in [-0.3, -0.25) is 0 Å². The third-order valence-corrected chi connectivity index (χ3v) is 2.43. The standard InChI is InChI=1S/C4H9O7PS/c5-1-3(6)2-10-4(7)12(8,9)11-13/h3,5-6,13H,1-2H2,(H,8,9)/t3-/m0/s1. The molecule has 0 spiro atoms. The molecule has 0 aliphatic carbocycles. The van der Waals surface area contributed by atoms with Gasteiger partial charge in [0.05, 0.1) is 6.61 Å². The zero-order valence-electron chi connectivity index (χ0n) is 6.36. The third kappa shape index (κ3) is 4.61. The molecule has 3 N–H and O–H groups in total. The van der Waals surface area contributed by atoms with E-state index in [9.17, 15) is 9.36 Å². The van der Waals surface area contributed by atoms with Crippen molar-refractivity contribution >= 4 is 26.2 Å². The first kappa shape index (κ1) is 12.9. The van der Waals surface area contributed by atoms with Crippen molar-refractivity contribution in [2.75, 3.05) is 13.2 Å². The van der Waals surface area contributed by atoms with E-state index >= 15 is 0 Å². The number of thiol groups is 1. The van der Waals surface area contributed by atoms with Crippen LogP contribution in [0.3, 0.4) is 0 Å². The van der Waals surface area contributed by atoms with Gasteiger partial charge in [0.15, 0.2) is 0 Å². The van der Waals surface area contributed by atoms with E-state index in [1.165, 1.54) is 0 Å². The molecule has 0 saturated carbocycles. The minimum Gasteiger partial charge on any atom is -0.454 e. The highest BCUT2D eigenvalue weighted by Gasteiger charge is 2.32. The van der Waals surface area contributed by atoms with E-state index < -0.39 is 32.6 Å². The van der Waals surface area contributed by atoms with Gasteiger partial charge in [-0.1, -0.05) is 0 Å². The van der Waals surface area contributed by atoms with E-state index in [1.807, 2.05) is 0 Å². The Morgan fingerprint density at radius 2 is 2.15 bits per heavy atom. The van der Waals surface area contributed by atoms with Crippen LogP contribution in [0, 0.1) is 0 Å². The Bertz CT molecular complexity index is 219. The van der Waals surface area contributed by atoms with Crippen LogP contribution in [0.25, 0.3) is 0 Å². The number of carbonyl (C=O) groups is 1. The largest absolute Gasteiger partial charge is 0.454 e. The molecule has 1 unspecified atom stereocenters. The highest BCUT2D eigenvalue weighted by Crippen LogP contribution is 2.45. The summed E-state index contributed by atoms with van der Waals surface area (Å²) in [5, 5.41) is 17.0. The first-order valence-corrected chi connectivity index (χ1v) is 5.00. The van der Waals surface area contributed by atoms with Crippen LogP contribution < -0.4 is 0 Å². The summed E-state index contributed by atoms with van der Waals surface area (Å²) in [6.45, 7) is -1.21. The van der Waals surface area contributed by atoms with Gasteiger partial charge in [0.1, 0.15) is 12.7 Å². The summed E-state index contributed by atoms with van der Waals surface area (Å²) in [5.41, 5.74) is -1.53. The van der Waals surface area contributed by atoms with E-state index in [-0.39, 0.29) is 0 Å². The first-order chi connectivity index (χ1) is 5.94. The topological polar surface area (TPSA) is 113 Å². The fraction of sp³-hybridized carbons (Fsp3) is 0.750. The molecule has 0 heterocycles. The summed E-state index contributed by atoms with van der Waals surface area (Å²) in [6.07, 6.45) is -1.29. The molecule has 0 aromatic carbocycles. The molecule has 0 bridgehead atoms. The molecule has 13 heavy (non-hydrogen) atoms. The van der Waals surface area contributed by atoms with E-state index in [0.29, 0.717) is 0 Å². The van der Waals surface area contributed by atoms with Crippen molar-refractivity contribution in [1.82, 2.24) is 0 Å². The van der Waals surface area contributed by atoms with Crippen LogP contribution in [-0.4, -0.2) is 40.1 Å². The SMILES string of the molecule is O=C(OC[C@@H](O)CO)P(=O)(O)OS. The molecule has 0 aliphatic heterocycles. The normalized spacial score (nSPS) is 17.5. The molecule has 0 amide bonds. The van der Waals surface area contributed by atoms with Crippen LogP contribution in [0.2, 0.25) is 0 Å². The van der Waals surface area contributed by atoms with E-state index in [4.69, 9.17) is 15.1 Å². The fourth-order valence-corrected chi connectivity index (χ4v) is 0.839. The zero-order valence-corrected chi connectivity index (χ0v) is 8.15. The van der Waals surface area contributed by atoms with Crippen LogP contribution in [0.1, 0.15) is 0 Å². The zero-order chi connectivity index (χ0) is 10.5. The number of aliphatic hydroxyl groups is 2. The summed E-state index contributed by atoms with van der Waals surface area (Å²) < 4.78 is 18.4. The quantitative estimate of drug-likeness (QED) is 0.287. The van der Waals surface area contributed by atoms with Crippen LogP contribution in [0.15, 0.2) is 0 Å². The second-order valence-electron chi connectivity index (χ2n) is 2.02. The van der Waals surface area contributed by atoms with Gasteiger partial charge in [0.2, 0.25) is 0 Å². The van der Waals surface area contributed by atoms with Gasteiger partial charge in [-0.15, -0.1) is 0 Å². The lowest BCUT2D eigenvalue weighted by atomic mass is 10.4. The Morgan fingerprint density at radius 3 is 2.54 bits per heavy atom. The lowest BCUT2D eigenvalue weighted by Crippen LogP contribution is -2.21. The highest BCUT2D eigenvalue weighted by molar-refractivity contribution is 7.85. The minimum absolute atomic E-state index is 0.586. The maximum absolute atomic E-state index is 10.6. The number of hydrogen-bond donors (Lipinski definition) is 4. The Labute approximate surface area is 79.4 Å². The molecular formula is C4H9O7PS. The molecule has 9 heteroatoms. The van der Waals surface area contributed by atoms with Gasteiger partial charge in [0.25, 0.3) is 0 Å². The van der Waals surface area contributed by atoms with Crippen LogP contribution in [0.4, 0.5) is 4.79 Å². The Kier molecular flexibility index (Phi) is 5.54. The molecule has 0 saturated heterocycles. The van der Waals surface area contributed by atoms with Gasteiger partial charge in [-0.05, 0) is 12.9 Å². The van der Waals surface area contributed by atoms with Crippen LogP contribution in [-0.2, 0) is 13.3 Å². The Morgan fingerprint density at radius 1 is 1.62 bits per heavy atom. The molecular weight excluding hydrogens is 223 g/mol. The molecule has 78 valence electrons. The lowest BCUT2D eigenvalue weighted by molar-refractivity contribution is 0.0378. The summed E-state index contributed by atoms with van der Waals surface area (Å²) in [6, 6.07) is 0. The third-order valence-electron chi connectivity index (χ3n) is 0.951. The van der Waals surface area contributed by atoms with Crippen molar-refractivity contribution in [3.05, 3.63) is 0 Å². The van der Waals surface area contributed by atoms with E-state index in [1.54, 1.807) is 0 Å². The molecule has 0 aromatic rings. The van der Waals surface area contributed by atoms with Crippen molar-refractivity contribution in [2.45, 2.75) is 6.10 Å². The van der Waals surface area contributed by atoms with Crippen molar-refractivity contribution in [1.29, 1.82) is 0 Å². The summed E-state index contributed by atoms with van der Waals surface area (Å²) in [4.78, 5) is 19.2. The molecule has 0 radical (unpaired) electrons. The second-order valence-corrected chi connectivity index (χ2v) is 4.07. The van der Waals surface area contributed by atoms with Crippen molar-refractivity contribution in [2.24, 2.45) is 0 Å². The number of ether oxygens (including phenoxy) is 1. The fourth-order valence-electron chi connectivity index (χ4n) is 0.335. The van der Waals surface area contributed by atoms with Gasteiger partial charge in [-0.2, -0.15) is 0 Å². The maximum Gasteiger partial charge on any atom is 0.446 e. The van der Waals surface area contributed by atoms with Gasteiger partial charge < -0.3 is 19.8 Å². The Hall–Kier alpha value is -0.110. The minimum atomic E-state index is -4.52. The van der Waals surface area contributed by atoms with E-state index in [0.717, 1.165) is 0 Å². The predicted molar refractivity (Wildman–Crippen MR) is 44.3 cm³/mol. The van der Waals surface area contributed by atoms with Crippen LogP contribution >= 0.6 is 20.5 Å². The predicted octanol–water partition coefficient (Wildman–Crippen LogP) is -0.477. The monoisotopic (exact) mass is 232 g/mol. The maximum atomic E-state index is 10.6. The van der Waals surface area contributed by atoms with Gasteiger partial charge >= 0.3 is 13.3 Å². The molecule has 2 atom stereocenters. The first-order valence-electron chi connectivity index (χ1n) is 3.06. The van der Waals surface area contributed by atoms with Crippen molar-refractivity contribution < 1.29 is 33.2 Å². The molecule has 7 nitrogen and oxygen atoms in total. The van der Waals surface area contributed by atoms with Crippen molar-refractivity contribution in [3.63, 3.8) is 0 Å². The smallest absolute Gasteiger partial charge is 0.446 e. The second kappa shape index (κ2) is 5.58. The van der Waals surface area contributed by atoms with E-state index in [2.05, 4.69) is 21.6 Å². The number of rotatable bonds is 5. The summed E-state index contributed by atoms with van der Waals surface area (Å²) in [7, 11) is -4.52. The van der Waals surface area contributed by atoms with Gasteiger partial charge in [0, 0.05) is 0 Å². The number of aliphatic hydroxyl groups excluding tert-OH is 2. The average Bonchev–Trinajstić information content (AvgIpc) is 2.13. The van der Waals surface area contributed by atoms with Crippen molar-refractivity contribution in [3.8, 4) is 0 Å². The molecule has 0 fully saturated rings. The average molecular weight is 232 g/mol. The lowest BCUT2D eigenvalue weighted by Gasteiger charge is -2.09. The summed E-state index contributed by atoms with van der Waals surface area (Å²) in [5.74, 6) is 0. The Balaban J connectivity index is 3.95. The highest BCUT2D eigenvalue weighted by atomic mass is 32.1.